The molecule has 0 aromatic rings. The van der Waals surface area contributed by atoms with Crippen LogP contribution in [0.25, 0.3) is 0 Å². The zero-order chi connectivity index (χ0) is 52.0. The van der Waals surface area contributed by atoms with Gasteiger partial charge in [-0.1, -0.05) is 322 Å². The number of amides is 1. The Kier molecular flexibility index (Phi) is 53.9. The molecule has 0 fully saturated rings. The first-order chi connectivity index (χ1) is 34.5. The molecule has 0 aromatic carbocycles. The lowest BCUT2D eigenvalue weighted by Gasteiger charge is -2.30. The molecule has 0 rings (SSSR count). The summed E-state index contributed by atoms with van der Waals surface area (Å²) in [6, 6.07) is -0.796. The Hall–Kier alpha value is -0.500. The zero-order valence-corrected chi connectivity index (χ0v) is 49.6. The molecule has 2 N–H and O–H groups in total. The summed E-state index contributed by atoms with van der Waals surface area (Å²) in [5.41, 5.74) is 0. The van der Waals surface area contributed by atoms with Gasteiger partial charge in [-0.25, -0.2) is 0 Å². The molecule has 0 radical (unpaired) electrons. The van der Waals surface area contributed by atoms with E-state index in [1.54, 1.807) is 0 Å². The van der Waals surface area contributed by atoms with Crippen molar-refractivity contribution in [1.82, 2.24) is 5.32 Å². The number of aliphatic hydroxyl groups excluding tert-OH is 1. The van der Waals surface area contributed by atoms with E-state index in [1.165, 1.54) is 276 Å². The van der Waals surface area contributed by atoms with Gasteiger partial charge in [0, 0.05) is 6.42 Å². The van der Waals surface area contributed by atoms with Gasteiger partial charge in [0.1, 0.15) is 13.2 Å². The van der Waals surface area contributed by atoms with Crippen LogP contribution in [0, 0.1) is 0 Å². The molecule has 3 atom stereocenters. The summed E-state index contributed by atoms with van der Waals surface area (Å²) in [5.74, 6) is -0.155. The largest absolute Gasteiger partial charge is 0.756 e. The second-order valence-electron chi connectivity index (χ2n) is 23.5. The van der Waals surface area contributed by atoms with Gasteiger partial charge in [0.2, 0.25) is 5.91 Å². The van der Waals surface area contributed by atoms with Gasteiger partial charge in [0.05, 0.1) is 39.9 Å². The maximum absolute atomic E-state index is 13.0. The lowest BCUT2D eigenvalue weighted by atomic mass is 10.0. The highest BCUT2D eigenvalue weighted by Gasteiger charge is 2.24. The molecule has 0 heterocycles. The van der Waals surface area contributed by atoms with Gasteiger partial charge in [-0.15, -0.1) is 0 Å². The predicted octanol–water partition coefficient (Wildman–Crippen LogP) is 19.0. The third-order valence-corrected chi connectivity index (χ3v) is 16.1. The van der Waals surface area contributed by atoms with Crippen molar-refractivity contribution >= 4 is 13.7 Å². The summed E-state index contributed by atoms with van der Waals surface area (Å²) in [7, 11) is 1.33. The Morgan fingerprint density at radius 3 is 0.958 bits per heavy atom. The Bertz CT molecular complexity index is 1120. The first-order valence-corrected chi connectivity index (χ1v) is 33.3. The van der Waals surface area contributed by atoms with Gasteiger partial charge in [-0.3, -0.25) is 9.36 Å². The molecule has 0 aliphatic heterocycles. The fourth-order valence-electron chi connectivity index (χ4n) is 10.1. The first kappa shape index (κ1) is 70.5. The van der Waals surface area contributed by atoms with E-state index in [4.69, 9.17) is 9.05 Å². The minimum Gasteiger partial charge on any atom is -0.756 e. The average molecular weight is 1030 g/mol. The number of hydrogen-bond donors (Lipinski definition) is 2. The Morgan fingerprint density at radius 1 is 0.437 bits per heavy atom. The van der Waals surface area contributed by atoms with Gasteiger partial charge in [-0.05, 0) is 12.8 Å². The monoisotopic (exact) mass is 1030 g/mol. The van der Waals surface area contributed by atoms with Crippen molar-refractivity contribution in [1.29, 1.82) is 0 Å². The molecule has 3 unspecified atom stereocenters. The molecule has 0 aromatic heterocycles. The SMILES string of the molecule is CCCCCCCCCCCCCCCCCCCCCCCCCCCCCCC(O)C(COP(=O)([O-])OCC[N+](C)(C)C)NC(=O)CCCCCCCCCCCCCCCCCCCCCCC. The van der Waals surface area contributed by atoms with E-state index >= 15 is 0 Å². The van der Waals surface area contributed by atoms with Crippen LogP contribution in [0.15, 0.2) is 0 Å². The van der Waals surface area contributed by atoms with Crippen molar-refractivity contribution in [3.63, 3.8) is 0 Å². The quantitative estimate of drug-likeness (QED) is 0.0357. The minimum atomic E-state index is -4.57. The van der Waals surface area contributed by atoms with Crippen molar-refractivity contribution < 1.29 is 32.9 Å². The summed E-state index contributed by atoms with van der Waals surface area (Å²) < 4.78 is 23.5. The van der Waals surface area contributed by atoms with E-state index < -0.39 is 20.0 Å². The fourth-order valence-corrected chi connectivity index (χ4v) is 10.8. The van der Waals surface area contributed by atoms with Crippen molar-refractivity contribution in [2.45, 2.75) is 353 Å². The number of phosphoric acid groups is 1. The molecule has 8 nitrogen and oxygen atoms in total. The van der Waals surface area contributed by atoms with Gasteiger partial charge in [0.25, 0.3) is 7.82 Å². The smallest absolute Gasteiger partial charge is 0.268 e. The lowest BCUT2D eigenvalue weighted by molar-refractivity contribution is -0.870. The molecule has 1 amide bonds. The molecule has 0 saturated heterocycles. The van der Waals surface area contributed by atoms with Crippen molar-refractivity contribution in [2.24, 2.45) is 0 Å². The van der Waals surface area contributed by atoms with Gasteiger partial charge >= 0.3 is 0 Å². The number of aliphatic hydroxyl groups is 1. The van der Waals surface area contributed by atoms with Crippen LogP contribution >= 0.6 is 7.82 Å². The van der Waals surface area contributed by atoms with E-state index in [2.05, 4.69) is 19.2 Å². The normalized spacial score (nSPS) is 13.7. The minimum absolute atomic E-state index is 0.0168. The van der Waals surface area contributed by atoms with Crippen molar-refractivity contribution in [3.8, 4) is 0 Å². The average Bonchev–Trinajstić information content (AvgIpc) is 3.33. The lowest BCUT2D eigenvalue weighted by Crippen LogP contribution is -2.46. The number of quaternary nitrogens is 1. The van der Waals surface area contributed by atoms with Crippen molar-refractivity contribution in [2.75, 3.05) is 40.9 Å². The number of likely N-dealkylation sites (N-methyl/N-ethyl adjacent to an activating group) is 1. The Morgan fingerprint density at radius 2 is 0.690 bits per heavy atom. The molecular weight excluding hydrogens is 900 g/mol. The highest BCUT2D eigenvalue weighted by molar-refractivity contribution is 7.45. The van der Waals surface area contributed by atoms with E-state index in [9.17, 15) is 19.4 Å². The summed E-state index contributed by atoms with van der Waals surface area (Å²) in [4.78, 5) is 25.6. The van der Waals surface area contributed by atoms with Crippen LogP contribution in [0.3, 0.4) is 0 Å². The highest BCUT2D eigenvalue weighted by atomic mass is 31.2. The molecule has 0 bridgehead atoms. The Balaban J connectivity index is 4.04. The van der Waals surface area contributed by atoms with Crippen LogP contribution in [-0.4, -0.2) is 68.5 Å². The second kappa shape index (κ2) is 54.3. The number of phosphoric ester groups is 1. The van der Waals surface area contributed by atoms with E-state index in [-0.39, 0.29) is 19.1 Å². The summed E-state index contributed by atoms with van der Waals surface area (Å²) in [6.07, 6.45) is 65.8. The van der Waals surface area contributed by atoms with Gasteiger partial charge < -0.3 is 28.8 Å². The topological polar surface area (TPSA) is 108 Å². The summed E-state index contributed by atoms with van der Waals surface area (Å²) in [5, 5.41) is 14.1. The number of rotatable bonds is 60. The molecule has 71 heavy (non-hydrogen) atoms. The van der Waals surface area contributed by atoms with Gasteiger partial charge in [0.15, 0.2) is 0 Å². The predicted molar refractivity (Wildman–Crippen MR) is 307 cm³/mol. The molecule has 9 heteroatoms. The van der Waals surface area contributed by atoms with Crippen LogP contribution in [0.1, 0.15) is 341 Å². The molecule has 0 spiro atoms. The van der Waals surface area contributed by atoms with E-state index in [0.29, 0.717) is 23.9 Å². The highest BCUT2D eigenvalue weighted by Crippen LogP contribution is 2.38. The maximum Gasteiger partial charge on any atom is 0.268 e. The molecule has 0 aliphatic carbocycles. The second-order valence-corrected chi connectivity index (χ2v) is 24.9. The summed E-state index contributed by atoms with van der Waals surface area (Å²) >= 11 is 0. The van der Waals surface area contributed by atoms with Crippen LogP contribution in [-0.2, 0) is 18.4 Å². The maximum atomic E-state index is 13.0. The molecular formula is C62H127N2O6P. The number of unbranched alkanes of at least 4 members (excludes halogenated alkanes) is 47. The number of nitrogens with one attached hydrogen (secondary N) is 1. The zero-order valence-electron chi connectivity index (χ0n) is 48.7. The molecule has 0 aliphatic rings. The van der Waals surface area contributed by atoms with Crippen LogP contribution in [0.4, 0.5) is 0 Å². The van der Waals surface area contributed by atoms with Crippen LogP contribution < -0.4 is 10.2 Å². The number of nitrogens with zero attached hydrogens (tertiary/aromatic N) is 1. The molecule has 0 saturated carbocycles. The van der Waals surface area contributed by atoms with E-state index in [0.717, 1.165) is 38.5 Å². The standard InChI is InChI=1S/C62H127N2O6P/c1-6-8-10-12-14-16-18-20-22-24-26-28-29-30-31-32-33-34-36-37-39-41-43-45-47-49-51-53-55-61(65)60(59-70-71(67,68)69-58-57-64(3,4)5)63-62(66)56-54-52-50-48-46-44-42-40-38-35-27-25-23-21-19-17-15-13-11-9-7-2/h60-61,65H,6-59H2,1-5H3,(H-,63,66,67,68). The molecule has 426 valence electrons. The number of carbonyl (C=O) groups excluding carboxylic acids is 1. The van der Waals surface area contributed by atoms with Crippen molar-refractivity contribution in [3.05, 3.63) is 0 Å². The fraction of sp³-hybridized carbons (Fsp3) is 0.984. The van der Waals surface area contributed by atoms with Crippen LogP contribution in [0.2, 0.25) is 0 Å². The number of hydrogen-bond acceptors (Lipinski definition) is 6. The first-order valence-electron chi connectivity index (χ1n) is 31.9. The third-order valence-electron chi connectivity index (χ3n) is 15.1. The van der Waals surface area contributed by atoms with E-state index in [1.807, 2.05) is 21.1 Å². The summed E-state index contributed by atoms with van der Waals surface area (Å²) in [6.45, 7) is 4.79. The number of carbonyl (C=O) groups is 1. The van der Waals surface area contributed by atoms with Crippen LogP contribution in [0.5, 0.6) is 0 Å². The van der Waals surface area contributed by atoms with Gasteiger partial charge in [-0.2, -0.15) is 0 Å². The Labute approximate surface area is 444 Å². The third kappa shape index (κ3) is 57.1.